The lowest BCUT2D eigenvalue weighted by atomic mass is 10.1. The lowest BCUT2D eigenvalue weighted by Gasteiger charge is -2.16. The van der Waals surface area contributed by atoms with Gasteiger partial charge in [0.1, 0.15) is 0 Å². The summed E-state index contributed by atoms with van der Waals surface area (Å²) in [5.74, 6) is -0.698. The number of rotatable bonds is 9. The highest BCUT2D eigenvalue weighted by atomic mass is 16.5. The Hall–Kier alpha value is -1.18. The minimum Gasteiger partial charge on any atom is -0.469 e. The van der Waals surface area contributed by atoms with Gasteiger partial charge in [0.05, 0.1) is 39.5 Å². The van der Waals surface area contributed by atoms with Crippen LogP contribution in [0.4, 0.5) is 0 Å². The first-order valence-electron chi connectivity index (χ1n) is 6.40. The Morgan fingerprint density at radius 1 is 1.32 bits per heavy atom. The Bertz CT molecular complexity index is 298. The van der Waals surface area contributed by atoms with E-state index >= 15 is 0 Å². The maximum atomic E-state index is 11.6. The Labute approximate surface area is 113 Å². The number of hydrogen-bond donors (Lipinski definition) is 1. The Kier molecular flexibility index (Phi) is 7.39. The van der Waals surface area contributed by atoms with Crippen LogP contribution in [0.2, 0.25) is 0 Å². The van der Waals surface area contributed by atoms with Crippen LogP contribution in [0.15, 0.2) is 0 Å². The molecule has 1 aliphatic rings. The first-order chi connectivity index (χ1) is 9.19. The number of carbonyl (C=O) groups excluding carboxylic acids is 2. The highest BCUT2D eigenvalue weighted by molar-refractivity contribution is 5.86. The topological polar surface area (TPSA) is 91.1 Å². The zero-order valence-electron chi connectivity index (χ0n) is 11.3. The minimum atomic E-state index is -0.342. The molecule has 1 heterocycles. The van der Waals surface area contributed by atoms with E-state index in [0.29, 0.717) is 46.1 Å². The molecule has 7 nitrogen and oxygen atoms in total. The third-order valence-corrected chi connectivity index (χ3v) is 2.89. The molecular formula is C12H22N2O5. The van der Waals surface area contributed by atoms with Crippen LogP contribution in [-0.2, 0) is 23.8 Å². The van der Waals surface area contributed by atoms with Crippen molar-refractivity contribution in [2.24, 2.45) is 11.7 Å². The summed E-state index contributed by atoms with van der Waals surface area (Å²) < 4.78 is 15.1. The number of likely N-dealkylation sites (tertiary alicyclic amines) is 1. The van der Waals surface area contributed by atoms with Crippen molar-refractivity contribution < 1.29 is 23.8 Å². The molecule has 0 radical (unpaired) electrons. The van der Waals surface area contributed by atoms with Crippen LogP contribution >= 0.6 is 0 Å². The molecule has 0 aromatic carbocycles. The SMILES string of the molecule is COC(=O)C1CC(=O)N(CCOCCOCCN)C1. The van der Waals surface area contributed by atoms with Crippen molar-refractivity contribution in [3.05, 3.63) is 0 Å². The summed E-state index contributed by atoms with van der Waals surface area (Å²) in [6.45, 7) is 3.33. The van der Waals surface area contributed by atoms with E-state index in [-0.39, 0.29) is 24.2 Å². The molecule has 0 spiro atoms. The van der Waals surface area contributed by atoms with E-state index in [9.17, 15) is 9.59 Å². The summed E-state index contributed by atoms with van der Waals surface area (Å²) in [6.07, 6.45) is 0.228. The monoisotopic (exact) mass is 274 g/mol. The molecule has 7 heteroatoms. The van der Waals surface area contributed by atoms with Crippen molar-refractivity contribution in [3.63, 3.8) is 0 Å². The van der Waals surface area contributed by atoms with Gasteiger partial charge in [-0.15, -0.1) is 0 Å². The molecule has 2 N–H and O–H groups in total. The summed E-state index contributed by atoms with van der Waals surface area (Å²) >= 11 is 0. The number of hydrogen-bond acceptors (Lipinski definition) is 6. The van der Waals surface area contributed by atoms with Crippen molar-refractivity contribution in [1.82, 2.24) is 4.90 Å². The summed E-state index contributed by atoms with van der Waals surface area (Å²) in [6, 6.07) is 0. The molecule has 0 aromatic rings. The van der Waals surface area contributed by atoms with Gasteiger partial charge in [-0.25, -0.2) is 0 Å². The normalized spacial score (nSPS) is 18.9. The minimum absolute atomic E-state index is 0.0293. The average Bonchev–Trinajstić information content (AvgIpc) is 2.78. The Morgan fingerprint density at radius 3 is 2.63 bits per heavy atom. The molecule has 1 fully saturated rings. The molecule has 0 aromatic heterocycles. The van der Waals surface area contributed by atoms with Crippen molar-refractivity contribution in [2.45, 2.75) is 6.42 Å². The van der Waals surface area contributed by atoms with Gasteiger partial charge in [0.25, 0.3) is 0 Å². The zero-order valence-corrected chi connectivity index (χ0v) is 11.3. The largest absolute Gasteiger partial charge is 0.469 e. The molecule has 1 rings (SSSR count). The van der Waals surface area contributed by atoms with E-state index in [1.54, 1.807) is 4.90 Å². The van der Waals surface area contributed by atoms with Gasteiger partial charge in [-0.3, -0.25) is 9.59 Å². The molecule has 1 unspecified atom stereocenters. The molecule has 1 saturated heterocycles. The van der Waals surface area contributed by atoms with Crippen molar-refractivity contribution >= 4 is 11.9 Å². The maximum absolute atomic E-state index is 11.6. The lowest BCUT2D eigenvalue weighted by molar-refractivity contribution is -0.145. The number of nitrogens with two attached hydrogens (primary N) is 1. The van der Waals surface area contributed by atoms with Crippen molar-refractivity contribution in [1.29, 1.82) is 0 Å². The second-order valence-electron chi connectivity index (χ2n) is 4.28. The second-order valence-corrected chi connectivity index (χ2v) is 4.28. The van der Waals surface area contributed by atoms with Gasteiger partial charge in [-0.05, 0) is 0 Å². The van der Waals surface area contributed by atoms with Gasteiger partial charge in [0, 0.05) is 26.1 Å². The number of ether oxygens (including phenoxy) is 3. The quantitative estimate of drug-likeness (QED) is 0.428. The van der Waals surface area contributed by atoms with E-state index in [4.69, 9.17) is 15.2 Å². The van der Waals surface area contributed by atoms with E-state index < -0.39 is 0 Å². The van der Waals surface area contributed by atoms with Crippen LogP contribution in [0, 0.1) is 5.92 Å². The third-order valence-electron chi connectivity index (χ3n) is 2.89. The molecule has 0 saturated carbocycles. The Balaban J connectivity index is 2.10. The number of methoxy groups -OCH3 is 1. The van der Waals surface area contributed by atoms with Gasteiger partial charge >= 0.3 is 5.97 Å². The lowest BCUT2D eigenvalue weighted by Crippen LogP contribution is -2.30. The first-order valence-corrected chi connectivity index (χ1v) is 6.40. The molecule has 1 amide bonds. The fourth-order valence-corrected chi connectivity index (χ4v) is 1.89. The van der Waals surface area contributed by atoms with Crippen LogP contribution in [0.3, 0.4) is 0 Å². The molecule has 0 bridgehead atoms. The summed E-state index contributed by atoms with van der Waals surface area (Å²) in [5, 5.41) is 0. The van der Waals surface area contributed by atoms with Crippen molar-refractivity contribution in [3.8, 4) is 0 Å². The first kappa shape index (κ1) is 15.9. The molecule has 110 valence electrons. The van der Waals surface area contributed by atoms with E-state index in [0.717, 1.165) is 0 Å². The number of carbonyl (C=O) groups is 2. The van der Waals surface area contributed by atoms with Crippen LogP contribution in [0.25, 0.3) is 0 Å². The molecule has 1 atom stereocenters. The number of nitrogens with zero attached hydrogens (tertiary/aromatic N) is 1. The summed E-state index contributed by atoms with van der Waals surface area (Å²) in [7, 11) is 1.33. The summed E-state index contributed by atoms with van der Waals surface area (Å²) in [5.41, 5.74) is 5.27. The van der Waals surface area contributed by atoms with Gasteiger partial charge < -0.3 is 24.8 Å². The maximum Gasteiger partial charge on any atom is 0.310 e. The Morgan fingerprint density at radius 2 is 2.00 bits per heavy atom. The van der Waals surface area contributed by atoms with Gasteiger partial charge in [0.15, 0.2) is 0 Å². The van der Waals surface area contributed by atoms with Gasteiger partial charge in [-0.1, -0.05) is 0 Å². The standard InChI is InChI=1S/C12H22N2O5/c1-17-12(16)10-8-11(15)14(9-10)3-5-19-7-6-18-4-2-13/h10H,2-9,13H2,1H3. The van der Waals surface area contributed by atoms with Crippen LogP contribution in [0.5, 0.6) is 0 Å². The number of amides is 1. The summed E-state index contributed by atoms with van der Waals surface area (Å²) in [4.78, 5) is 24.6. The van der Waals surface area contributed by atoms with E-state index in [2.05, 4.69) is 4.74 Å². The fraction of sp³-hybridized carbons (Fsp3) is 0.833. The zero-order chi connectivity index (χ0) is 14.1. The molecule has 0 aliphatic carbocycles. The highest BCUT2D eigenvalue weighted by Gasteiger charge is 2.34. The van der Waals surface area contributed by atoms with Gasteiger partial charge in [0.2, 0.25) is 5.91 Å². The highest BCUT2D eigenvalue weighted by Crippen LogP contribution is 2.18. The van der Waals surface area contributed by atoms with Crippen LogP contribution in [0.1, 0.15) is 6.42 Å². The van der Waals surface area contributed by atoms with Gasteiger partial charge in [-0.2, -0.15) is 0 Å². The molecule has 19 heavy (non-hydrogen) atoms. The smallest absolute Gasteiger partial charge is 0.310 e. The van der Waals surface area contributed by atoms with Crippen molar-refractivity contribution in [2.75, 3.05) is 53.2 Å². The third kappa shape index (κ3) is 5.54. The van der Waals surface area contributed by atoms with E-state index in [1.807, 2.05) is 0 Å². The van der Waals surface area contributed by atoms with Crippen LogP contribution in [-0.4, -0.2) is 69.9 Å². The average molecular weight is 274 g/mol. The molecule has 1 aliphatic heterocycles. The second kappa shape index (κ2) is 8.84. The number of esters is 1. The molecular weight excluding hydrogens is 252 g/mol. The van der Waals surface area contributed by atoms with E-state index in [1.165, 1.54) is 7.11 Å². The fourth-order valence-electron chi connectivity index (χ4n) is 1.89. The predicted octanol–water partition coefficient (Wildman–Crippen LogP) is -1.00. The van der Waals surface area contributed by atoms with Crippen LogP contribution < -0.4 is 5.73 Å². The predicted molar refractivity (Wildman–Crippen MR) is 67.4 cm³/mol.